The van der Waals surface area contributed by atoms with Gasteiger partial charge in [-0.3, -0.25) is 9.69 Å². The summed E-state index contributed by atoms with van der Waals surface area (Å²) in [7, 11) is 3.94. The third-order valence-electron chi connectivity index (χ3n) is 5.40. The maximum absolute atomic E-state index is 11.9. The van der Waals surface area contributed by atoms with Crippen molar-refractivity contribution in [3.8, 4) is 0 Å². The Morgan fingerprint density at radius 2 is 2.13 bits per heavy atom. The SMILES string of the molecule is CC(=O)N1C[C@@H]2c3nc(N(C)C)ncc3CN(CC3CC3)[C@@H]2C1. The summed E-state index contributed by atoms with van der Waals surface area (Å²) in [5.41, 5.74) is 2.40. The molecule has 2 fully saturated rings. The zero-order valence-electron chi connectivity index (χ0n) is 14.2. The predicted octanol–water partition coefficient (Wildman–Crippen LogP) is 1.08. The van der Waals surface area contributed by atoms with Gasteiger partial charge in [-0.2, -0.15) is 0 Å². The molecule has 1 aromatic heterocycles. The number of rotatable bonds is 3. The molecule has 2 aliphatic heterocycles. The zero-order chi connectivity index (χ0) is 16.1. The first kappa shape index (κ1) is 14.9. The van der Waals surface area contributed by atoms with E-state index in [1.54, 1.807) is 6.92 Å². The molecular weight excluding hydrogens is 290 g/mol. The lowest BCUT2D eigenvalue weighted by atomic mass is 9.90. The van der Waals surface area contributed by atoms with Gasteiger partial charge in [-0.25, -0.2) is 9.97 Å². The third kappa shape index (κ3) is 2.69. The minimum atomic E-state index is 0.175. The van der Waals surface area contributed by atoms with E-state index in [9.17, 15) is 4.79 Å². The molecule has 6 nitrogen and oxygen atoms in total. The number of fused-ring (bicyclic) bond motifs is 3. The quantitative estimate of drug-likeness (QED) is 0.835. The first-order valence-electron chi connectivity index (χ1n) is 8.55. The first-order chi connectivity index (χ1) is 11.0. The molecule has 124 valence electrons. The second kappa shape index (κ2) is 5.44. The minimum absolute atomic E-state index is 0.175. The lowest BCUT2D eigenvalue weighted by Gasteiger charge is -2.37. The summed E-state index contributed by atoms with van der Waals surface area (Å²) in [5, 5.41) is 0. The van der Waals surface area contributed by atoms with Crippen molar-refractivity contribution < 1.29 is 4.79 Å². The number of anilines is 1. The van der Waals surface area contributed by atoms with Gasteiger partial charge in [0.05, 0.1) is 5.69 Å². The summed E-state index contributed by atoms with van der Waals surface area (Å²) < 4.78 is 0. The van der Waals surface area contributed by atoms with Crippen LogP contribution >= 0.6 is 0 Å². The van der Waals surface area contributed by atoms with Crippen LogP contribution in [0.4, 0.5) is 5.95 Å². The number of hydrogen-bond donors (Lipinski definition) is 0. The summed E-state index contributed by atoms with van der Waals surface area (Å²) in [6.45, 7) is 5.38. The normalized spacial score (nSPS) is 26.8. The van der Waals surface area contributed by atoms with Crippen molar-refractivity contribution in [2.24, 2.45) is 5.92 Å². The van der Waals surface area contributed by atoms with E-state index in [4.69, 9.17) is 4.98 Å². The summed E-state index contributed by atoms with van der Waals surface area (Å²) in [5.74, 6) is 2.11. The maximum Gasteiger partial charge on any atom is 0.225 e. The Hall–Kier alpha value is -1.69. The standard InChI is InChI=1S/C17H25N5O/c1-11(23)21-9-14-15(10-21)22(7-12-4-5-12)8-13-6-18-17(20(2)3)19-16(13)14/h6,12,14-15H,4-5,7-10H2,1-3H3/t14-,15+/m0/s1. The van der Waals surface area contributed by atoms with Gasteiger partial charge in [0.1, 0.15) is 0 Å². The van der Waals surface area contributed by atoms with Crippen molar-refractivity contribution in [2.75, 3.05) is 38.6 Å². The molecular formula is C17H25N5O. The third-order valence-corrected chi connectivity index (χ3v) is 5.40. The fourth-order valence-electron chi connectivity index (χ4n) is 3.92. The van der Waals surface area contributed by atoms with Crippen molar-refractivity contribution in [1.29, 1.82) is 0 Å². The molecule has 3 heterocycles. The van der Waals surface area contributed by atoms with E-state index in [0.717, 1.165) is 43.7 Å². The molecule has 0 spiro atoms. The zero-order valence-corrected chi connectivity index (χ0v) is 14.2. The molecule has 23 heavy (non-hydrogen) atoms. The van der Waals surface area contributed by atoms with Crippen LogP contribution in [-0.2, 0) is 11.3 Å². The van der Waals surface area contributed by atoms with Crippen LogP contribution in [0.3, 0.4) is 0 Å². The van der Waals surface area contributed by atoms with Crippen LogP contribution in [0.5, 0.6) is 0 Å². The number of likely N-dealkylation sites (tertiary alicyclic amines) is 1. The van der Waals surface area contributed by atoms with Gasteiger partial charge in [-0.15, -0.1) is 0 Å². The van der Waals surface area contributed by atoms with E-state index >= 15 is 0 Å². The number of aromatic nitrogens is 2. The Bertz CT molecular complexity index is 627. The topological polar surface area (TPSA) is 52.6 Å². The highest BCUT2D eigenvalue weighted by Crippen LogP contribution is 2.40. The molecule has 0 radical (unpaired) electrons. The second-order valence-corrected chi connectivity index (χ2v) is 7.45. The van der Waals surface area contributed by atoms with Crippen LogP contribution in [0.15, 0.2) is 6.20 Å². The molecule has 6 heteroatoms. The number of amides is 1. The molecule has 1 saturated heterocycles. The molecule has 1 amide bonds. The van der Waals surface area contributed by atoms with E-state index in [0.29, 0.717) is 12.0 Å². The summed E-state index contributed by atoms with van der Waals surface area (Å²) >= 11 is 0. The van der Waals surface area contributed by atoms with Crippen LogP contribution in [0.1, 0.15) is 36.9 Å². The molecule has 0 N–H and O–H groups in total. The molecule has 1 aliphatic carbocycles. The molecule has 1 saturated carbocycles. The molecule has 0 bridgehead atoms. The average Bonchev–Trinajstić information content (AvgIpc) is 3.20. The Morgan fingerprint density at radius 3 is 2.78 bits per heavy atom. The molecule has 3 aliphatic rings. The van der Waals surface area contributed by atoms with Gasteiger partial charge in [0, 0.05) is 70.9 Å². The van der Waals surface area contributed by atoms with Crippen LogP contribution in [0.25, 0.3) is 0 Å². The maximum atomic E-state index is 11.9. The number of hydrogen-bond acceptors (Lipinski definition) is 5. The second-order valence-electron chi connectivity index (χ2n) is 7.45. The van der Waals surface area contributed by atoms with Gasteiger partial charge in [0.2, 0.25) is 11.9 Å². The molecule has 1 aromatic rings. The van der Waals surface area contributed by atoms with Crippen molar-refractivity contribution in [2.45, 2.75) is 38.3 Å². The van der Waals surface area contributed by atoms with Crippen LogP contribution in [-0.4, -0.2) is 65.4 Å². The molecule has 0 aromatic carbocycles. The Kier molecular flexibility index (Phi) is 3.52. The van der Waals surface area contributed by atoms with E-state index < -0.39 is 0 Å². The van der Waals surface area contributed by atoms with E-state index in [1.165, 1.54) is 18.4 Å². The number of nitrogens with zero attached hydrogens (tertiary/aromatic N) is 5. The summed E-state index contributed by atoms with van der Waals surface area (Å²) in [4.78, 5) is 27.7. The first-order valence-corrected chi connectivity index (χ1v) is 8.55. The lowest BCUT2D eigenvalue weighted by molar-refractivity contribution is -0.128. The highest BCUT2D eigenvalue weighted by Gasteiger charge is 2.45. The monoisotopic (exact) mass is 315 g/mol. The highest BCUT2D eigenvalue weighted by atomic mass is 16.2. The lowest BCUT2D eigenvalue weighted by Crippen LogP contribution is -2.45. The fraction of sp³-hybridized carbons (Fsp3) is 0.706. The number of carbonyl (C=O) groups is 1. The highest BCUT2D eigenvalue weighted by molar-refractivity contribution is 5.74. The van der Waals surface area contributed by atoms with Gasteiger partial charge in [-0.1, -0.05) is 0 Å². The van der Waals surface area contributed by atoms with Crippen molar-refractivity contribution >= 4 is 11.9 Å². The predicted molar refractivity (Wildman–Crippen MR) is 88.3 cm³/mol. The minimum Gasteiger partial charge on any atom is -0.347 e. The van der Waals surface area contributed by atoms with Crippen LogP contribution < -0.4 is 4.90 Å². The van der Waals surface area contributed by atoms with E-state index in [-0.39, 0.29) is 5.91 Å². The molecule has 2 atom stereocenters. The van der Waals surface area contributed by atoms with Gasteiger partial charge < -0.3 is 9.80 Å². The smallest absolute Gasteiger partial charge is 0.225 e. The van der Waals surface area contributed by atoms with Crippen molar-refractivity contribution in [3.63, 3.8) is 0 Å². The molecule has 0 unspecified atom stereocenters. The summed E-state index contributed by atoms with van der Waals surface area (Å²) in [6.07, 6.45) is 4.70. The van der Waals surface area contributed by atoms with Gasteiger partial charge >= 0.3 is 0 Å². The molecule has 4 rings (SSSR count). The van der Waals surface area contributed by atoms with E-state index in [1.807, 2.05) is 30.1 Å². The van der Waals surface area contributed by atoms with Crippen molar-refractivity contribution in [1.82, 2.24) is 19.8 Å². The Labute approximate surface area is 137 Å². The van der Waals surface area contributed by atoms with Gasteiger partial charge in [-0.05, 0) is 18.8 Å². The van der Waals surface area contributed by atoms with Gasteiger partial charge in [0.15, 0.2) is 0 Å². The Balaban J connectivity index is 1.68. The van der Waals surface area contributed by atoms with Gasteiger partial charge in [0.25, 0.3) is 0 Å². The van der Waals surface area contributed by atoms with Crippen molar-refractivity contribution in [3.05, 3.63) is 17.5 Å². The largest absolute Gasteiger partial charge is 0.347 e. The average molecular weight is 315 g/mol. The fourth-order valence-corrected chi connectivity index (χ4v) is 3.92. The van der Waals surface area contributed by atoms with Crippen LogP contribution in [0, 0.1) is 5.92 Å². The Morgan fingerprint density at radius 1 is 1.35 bits per heavy atom. The van der Waals surface area contributed by atoms with E-state index in [2.05, 4.69) is 9.88 Å². The van der Waals surface area contributed by atoms with Crippen LogP contribution in [0.2, 0.25) is 0 Å². The summed E-state index contributed by atoms with van der Waals surface area (Å²) in [6, 6.07) is 0.414. The number of carbonyl (C=O) groups excluding carboxylic acids is 1.